The molecule has 4 nitrogen and oxygen atoms in total. The van der Waals surface area contributed by atoms with Crippen LogP contribution in [0, 0.1) is 17.3 Å². The van der Waals surface area contributed by atoms with Crippen molar-refractivity contribution in [3.63, 3.8) is 0 Å². The molecule has 1 fully saturated rings. The van der Waals surface area contributed by atoms with Gasteiger partial charge < -0.3 is 9.47 Å². The van der Waals surface area contributed by atoms with Crippen molar-refractivity contribution < 1.29 is 19.1 Å². The van der Waals surface area contributed by atoms with Gasteiger partial charge in [0.15, 0.2) is 5.78 Å². The van der Waals surface area contributed by atoms with Gasteiger partial charge in [0.2, 0.25) is 0 Å². The van der Waals surface area contributed by atoms with Gasteiger partial charge in [-0.1, -0.05) is 13.8 Å². The average molecular weight is 284 g/mol. The summed E-state index contributed by atoms with van der Waals surface area (Å²) in [6.07, 6.45) is 3.35. The molecule has 1 rings (SSSR count). The molecule has 1 saturated carbocycles. The van der Waals surface area contributed by atoms with Gasteiger partial charge in [0, 0.05) is 0 Å². The molecule has 0 bridgehead atoms. The van der Waals surface area contributed by atoms with E-state index < -0.39 is 11.4 Å². The maximum absolute atomic E-state index is 12.2. The summed E-state index contributed by atoms with van der Waals surface area (Å²) < 4.78 is 10.7. The SMILES string of the molecule is CCOC(=O)C(C)(C)C(=O)COC1CC(C)CC(C)C1. The van der Waals surface area contributed by atoms with E-state index >= 15 is 0 Å². The highest BCUT2D eigenvalue weighted by Crippen LogP contribution is 2.30. The quantitative estimate of drug-likeness (QED) is 0.556. The van der Waals surface area contributed by atoms with E-state index in [4.69, 9.17) is 9.47 Å². The number of ether oxygens (including phenoxy) is 2. The lowest BCUT2D eigenvalue weighted by Crippen LogP contribution is -2.39. The zero-order valence-corrected chi connectivity index (χ0v) is 13.4. The van der Waals surface area contributed by atoms with Crippen LogP contribution in [0.2, 0.25) is 0 Å². The Morgan fingerprint density at radius 3 is 2.15 bits per heavy atom. The molecule has 0 aromatic rings. The molecule has 2 atom stereocenters. The summed E-state index contributed by atoms with van der Waals surface area (Å²) in [5, 5.41) is 0. The summed E-state index contributed by atoms with van der Waals surface area (Å²) in [5.74, 6) is 0.592. The minimum atomic E-state index is -1.12. The zero-order chi connectivity index (χ0) is 15.3. The van der Waals surface area contributed by atoms with Crippen molar-refractivity contribution in [2.24, 2.45) is 17.3 Å². The van der Waals surface area contributed by atoms with Gasteiger partial charge in [-0.15, -0.1) is 0 Å². The van der Waals surface area contributed by atoms with E-state index in [9.17, 15) is 9.59 Å². The molecule has 0 aliphatic heterocycles. The van der Waals surface area contributed by atoms with Crippen LogP contribution >= 0.6 is 0 Å². The molecule has 2 unspecified atom stereocenters. The Bertz CT molecular complexity index is 338. The summed E-state index contributed by atoms with van der Waals surface area (Å²) >= 11 is 0. The first kappa shape index (κ1) is 17.2. The van der Waals surface area contributed by atoms with Crippen LogP contribution < -0.4 is 0 Å². The standard InChI is InChI=1S/C16H28O4/c1-6-19-15(18)16(4,5)14(17)10-20-13-8-11(2)7-12(3)9-13/h11-13H,6-10H2,1-5H3. The summed E-state index contributed by atoms with van der Waals surface area (Å²) in [7, 11) is 0. The van der Waals surface area contributed by atoms with Crippen LogP contribution in [0.5, 0.6) is 0 Å². The van der Waals surface area contributed by atoms with Gasteiger partial charge in [0.05, 0.1) is 12.7 Å². The lowest BCUT2D eigenvalue weighted by Gasteiger charge is -2.31. The molecular formula is C16H28O4. The van der Waals surface area contributed by atoms with Gasteiger partial charge in [0.25, 0.3) is 0 Å². The molecule has 20 heavy (non-hydrogen) atoms. The third-order valence-corrected chi connectivity index (χ3v) is 4.07. The average Bonchev–Trinajstić information content (AvgIpc) is 2.34. The molecule has 1 aliphatic rings. The van der Waals surface area contributed by atoms with Crippen molar-refractivity contribution in [1.82, 2.24) is 0 Å². The van der Waals surface area contributed by atoms with Gasteiger partial charge in [-0.3, -0.25) is 9.59 Å². The van der Waals surface area contributed by atoms with Crippen LogP contribution in [0.25, 0.3) is 0 Å². The first-order chi connectivity index (χ1) is 9.27. The normalized spacial score (nSPS) is 27.1. The molecule has 0 heterocycles. The predicted octanol–water partition coefficient (Wildman–Crippen LogP) is 2.99. The minimum absolute atomic E-state index is 0.00405. The fourth-order valence-corrected chi connectivity index (χ4v) is 2.81. The Labute approximate surface area is 122 Å². The van der Waals surface area contributed by atoms with E-state index in [1.54, 1.807) is 20.8 Å². The first-order valence-electron chi connectivity index (χ1n) is 7.59. The molecule has 116 valence electrons. The van der Waals surface area contributed by atoms with Crippen LogP contribution in [-0.4, -0.2) is 31.1 Å². The van der Waals surface area contributed by atoms with Crippen molar-refractivity contribution in [2.45, 2.75) is 60.0 Å². The number of carbonyl (C=O) groups excluding carboxylic acids is 2. The number of rotatable bonds is 6. The van der Waals surface area contributed by atoms with E-state index in [1.165, 1.54) is 6.42 Å². The molecule has 0 saturated heterocycles. The van der Waals surface area contributed by atoms with E-state index in [2.05, 4.69) is 13.8 Å². The molecule has 0 spiro atoms. The fraction of sp³-hybridized carbons (Fsp3) is 0.875. The van der Waals surface area contributed by atoms with Gasteiger partial charge in [0.1, 0.15) is 12.0 Å². The van der Waals surface area contributed by atoms with Gasteiger partial charge >= 0.3 is 5.97 Å². The molecule has 0 N–H and O–H groups in total. The van der Waals surface area contributed by atoms with E-state index in [-0.39, 0.29) is 25.1 Å². The van der Waals surface area contributed by atoms with Crippen LogP contribution in [0.15, 0.2) is 0 Å². The molecule has 0 amide bonds. The number of carbonyl (C=O) groups is 2. The van der Waals surface area contributed by atoms with E-state index in [1.807, 2.05) is 0 Å². The Balaban J connectivity index is 2.48. The summed E-state index contributed by atoms with van der Waals surface area (Å²) in [6.45, 7) is 9.65. The smallest absolute Gasteiger partial charge is 0.319 e. The van der Waals surface area contributed by atoms with Crippen LogP contribution in [0.1, 0.15) is 53.9 Å². The Morgan fingerprint density at radius 1 is 1.10 bits per heavy atom. The fourth-order valence-electron chi connectivity index (χ4n) is 2.81. The number of hydrogen-bond donors (Lipinski definition) is 0. The predicted molar refractivity (Wildman–Crippen MR) is 77.3 cm³/mol. The second kappa shape index (κ2) is 7.21. The van der Waals surface area contributed by atoms with E-state index in [0.717, 1.165) is 12.8 Å². The largest absolute Gasteiger partial charge is 0.465 e. The first-order valence-corrected chi connectivity index (χ1v) is 7.59. The molecule has 0 aromatic heterocycles. The number of hydrogen-bond acceptors (Lipinski definition) is 4. The lowest BCUT2D eigenvalue weighted by atomic mass is 9.81. The van der Waals surface area contributed by atoms with Crippen molar-refractivity contribution in [2.75, 3.05) is 13.2 Å². The van der Waals surface area contributed by atoms with Gasteiger partial charge in [-0.05, 0) is 51.9 Å². The Hall–Kier alpha value is -0.900. The monoisotopic (exact) mass is 284 g/mol. The molecule has 1 aliphatic carbocycles. The third-order valence-electron chi connectivity index (χ3n) is 4.07. The molecule has 0 radical (unpaired) electrons. The summed E-state index contributed by atoms with van der Waals surface area (Å²) in [4.78, 5) is 23.9. The summed E-state index contributed by atoms with van der Waals surface area (Å²) in [6, 6.07) is 0. The zero-order valence-electron chi connectivity index (χ0n) is 13.4. The number of esters is 1. The molecule has 4 heteroatoms. The molecular weight excluding hydrogens is 256 g/mol. The maximum Gasteiger partial charge on any atom is 0.319 e. The lowest BCUT2D eigenvalue weighted by molar-refractivity contribution is -0.160. The second-order valence-corrected chi connectivity index (χ2v) is 6.62. The number of Topliss-reactive ketones (excluding diaryl/α,β-unsaturated/α-hetero) is 1. The van der Waals surface area contributed by atoms with Crippen molar-refractivity contribution in [1.29, 1.82) is 0 Å². The van der Waals surface area contributed by atoms with Gasteiger partial charge in [-0.2, -0.15) is 0 Å². The minimum Gasteiger partial charge on any atom is -0.465 e. The van der Waals surface area contributed by atoms with Crippen molar-refractivity contribution >= 4 is 11.8 Å². The van der Waals surface area contributed by atoms with Crippen LogP contribution in [0.3, 0.4) is 0 Å². The van der Waals surface area contributed by atoms with E-state index in [0.29, 0.717) is 11.8 Å². The third kappa shape index (κ3) is 4.58. The summed E-state index contributed by atoms with van der Waals surface area (Å²) in [5.41, 5.74) is -1.12. The topological polar surface area (TPSA) is 52.6 Å². The Morgan fingerprint density at radius 2 is 1.65 bits per heavy atom. The number of ketones is 1. The van der Waals surface area contributed by atoms with Crippen LogP contribution in [0.4, 0.5) is 0 Å². The van der Waals surface area contributed by atoms with Crippen molar-refractivity contribution in [3.8, 4) is 0 Å². The van der Waals surface area contributed by atoms with Crippen LogP contribution in [-0.2, 0) is 19.1 Å². The highest BCUT2D eigenvalue weighted by Gasteiger charge is 2.38. The van der Waals surface area contributed by atoms with Gasteiger partial charge in [-0.25, -0.2) is 0 Å². The highest BCUT2D eigenvalue weighted by molar-refractivity contribution is 6.03. The van der Waals surface area contributed by atoms with Crippen molar-refractivity contribution in [3.05, 3.63) is 0 Å². The maximum atomic E-state index is 12.2. The highest BCUT2D eigenvalue weighted by atomic mass is 16.5. The Kier molecular flexibility index (Phi) is 6.18. The second-order valence-electron chi connectivity index (χ2n) is 6.62. The molecule has 0 aromatic carbocycles.